The molecule has 4 nitrogen and oxygen atoms in total. The molecule has 140 valence electrons. The van der Waals surface area contributed by atoms with Crippen LogP contribution in [-0.4, -0.2) is 17.5 Å². The summed E-state index contributed by atoms with van der Waals surface area (Å²) in [6, 6.07) is 23.8. The molecule has 0 aliphatic carbocycles. The zero-order valence-corrected chi connectivity index (χ0v) is 16.2. The highest BCUT2D eigenvalue weighted by atomic mass is 32.1. The molecule has 0 amide bonds. The molecule has 0 heterocycles. The summed E-state index contributed by atoms with van der Waals surface area (Å²) in [5.41, 5.74) is 2.95. The molecule has 0 unspecified atom stereocenters. The number of ketones is 1. The van der Waals surface area contributed by atoms with Crippen LogP contribution in [0.2, 0.25) is 0 Å². The zero-order chi connectivity index (χ0) is 19.9. The van der Waals surface area contributed by atoms with Crippen LogP contribution in [0.3, 0.4) is 0 Å². The molecule has 3 rings (SSSR count). The number of carbonyl (C=O) groups is 2. The van der Waals surface area contributed by atoms with Gasteiger partial charge in [-0.2, -0.15) is 0 Å². The van der Waals surface area contributed by atoms with Gasteiger partial charge in [-0.25, -0.2) is 4.79 Å². The number of oxime groups is 1. The second kappa shape index (κ2) is 9.15. The lowest BCUT2D eigenvalue weighted by atomic mass is 10.00. The second-order valence-electron chi connectivity index (χ2n) is 6.06. The first-order valence-electron chi connectivity index (χ1n) is 8.86. The quantitative estimate of drug-likeness (QED) is 0.201. The normalized spacial score (nSPS) is 11.1. The third-order valence-corrected chi connectivity index (χ3v) is 4.56. The summed E-state index contributed by atoms with van der Waals surface area (Å²) in [7, 11) is 0. The fraction of sp³-hybridized carbons (Fsp3) is 0.0870. The first kappa shape index (κ1) is 19.6. The number of hydrogen-bond acceptors (Lipinski definition) is 5. The van der Waals surface area contributed by atoms with Gasteiger partial charge in [0.1, 0.15) is 5.71 Å². The molecule has 0 aliphatic heterocycles. The molecular weight excluding hydrogens is 370 g/mol. The summed E-state index contributed by atoms with van der Waals surface area (Å²) < 4.78 is 0. The van der Waals surface area contributed by atoms with Crippen LogP contribution >= 0.6 is 12.6 Å². The molecule has 0 aromatic heterocycles. The fourth-order valence-electron chi connectivity index (χ4n) is 2.68. The monoisotopic (exact) mass is 389 g/mol. The van der Waals surface area contributed by atoms with Crippen LogP contribution in [0.4, 0.5) is 0 Å². The van der Waals surface area contributed by atoms with Crippen LogP contribution in [0.1, 0.15) is 34.1 Å². The van der Waals surface area contributed by atoms with Crippen molar-refractivity contribution in [3.63, 3.8) is 0 Å². The first-order valence-corrected chi connectivity index (χ1v) is 9.31. The highest BCUT2D eigenvalue weighted by molar-refractivity contribution is 7.80. The number of nitrogens with zero attached hydrogens (tertiary/aromatic N) is 1. The average molecular weight is 389 g/mol. The highest BCUT2D eigenvalue weighted by Gasteiger charge is 2.18. The lowest BCUT2D eigenvalue weighted by Gasteiger charge is -2.08. The van der Waals surface area contributed by atoms with E-state index in [1.807, 2.05) is 42.5 Å². The minimum Gasteiger partial charge on any atom is -0.312 e. The van der Waals surface area contributed by atoms with E-state index in [0.29, 0.717) is 22.4 Å². The standard InChI is InChI=1S/C23H19NO3S/c1-2-20(24-27-23(26)17-11-7-4-8-12-17)22(25)19-14-13-18(15-21(19)28)16-9-5-3-6-10-16/h3-15,28H,2H2,1H3. The summed E-state index contributed by atoms with van der Waals surface area (Å²) in [5, 5.41) is 3.80. The van der Waals surface area contributed by atoms with E-state index < -0.39 is 5.97 Å². The highest BCUT2D eigenvalue weighted by Crippen LogP contribution is 2.25. The van der Waals surface area contributed by atoms with E-state index in [9.17, 15) is 9.59 Å². The maximum Gasteiger partial charge on any atom is 0.365 e. The largest absolute Gasteiger partial charge is 0.365 e. The maximum atomic E-state index is 12.8. The van der Waals surface area contributed by atoms with E-state index >= 15 is 0 Å². The van der Waals surface area contributed by atoms with Crippen molar-refractivity contribution < 1.29 is 14.4 Å². The van der Waals surface area contributed by atoms with Gasteiger partial charge < -0.3 is 4.84 Å². The maximum absolute atomic E-state index is 12.8. The van der Waals surface area contributed by atoms with Crippen molar-refractivity contribution in [2.75, 3.05) is 0 Å². The Morgan fingerprint density at radius 1 is 0.893 bits per heavy atom. The SMILES string of the molecule is CCC(=NOC(=O)c1ccccc1)C(=O)c1ccc(-c2ccccc2)cc1S. The predicted octanol–water partition coefficient (Wildman–Crippen LogP) is 5.45. The average Bonchev–Trinajstić information content (AvgIpc) is 2.75. The number of rotatable bonds is 6. The minimum atomic E-state index is -0.607. The molecular formula is C23H19NO3S. The Morgan fingerprint density at radius 2 is 1.54 bits per heavy atom. The number of thiol groups is 1. The number of Topliss-reactive ketones (excluding diaryl/α,β-unsaturated/α-hetero) is 1. The minimum absolute atomic E-state index is 0.159. The molecule has 0 fully saturated rings. The Hall–Kier alpha value is -3.18. The molecule has 0 bridgehead atoms. The molecule has 3 aromatic carbocycles. The Bertz CT molecular complexity index is 1010. The molecule has 0 radical (unpaired) electrons. The van der Waals surface area contributed by atoms with Crippen molar-refractivity contribution in [2.45, 2.75) is 18.2 Å². The predicted molar refractivity (Wildman–Crippen MR) is 113 cm³/mol. The van der Waals surface area contributed by atoms with E-state index in [2.05, 4.69) is 17.8 Å². The summed E-state index contributed by atoms with van der Waals surface area (Å²) in [5.74, 6) is -0.919. The summed E-state index contributed by atoms with van der Waals surface area (Å²) in [6.45, 7) is 1.78. The molecule has 0 saturated heterocycles. The second-order valence-corrected chi connectivity index (χ2v) is 6.55. The summed E-state index contributed by atoms with van der Waals surface area (Å²) >= 11 is 4.47. The van der Waals surface area contributed by atoms with Gasteiger partial charge in [0.25, 0.3) is 0 Å². The lowest BCUT2D eigenvalue weighted by molar-refractivity contribution is 0.0515. The van der Waals surface area contributed by atoms with Gasteiger partial charge in [-0.1, -0.05) is 66.7 Å². The molecule has 28 heavy (non-hydrogen) atoms. The first-order chi connectivity index (χ1) is 13.6. The molecule has 0 spiro atoms. The number of carbonyl (C=O) groups excluding carboxylic acids is 2. The van der Waals surface area contributed by atoms with E-state index in [1.165, 1.54) is 0 Å². The van der Waals surface area contributed by atoms with E-state index in [1.54, 1.807) is 43.3 Å². The summed E-state index contributed by atoms with van der Waals surface area (Å²) in [6.07, 6.45) is 0.328. The molecule has 0 saturated carbocycles. The van der Waals surface area contributed by atoms with Gasteiger partial charge in [0, 0.05) is 10.5 Å². The van der Waals surface area contributed by atoms with Crippen molar-refractivity contribution in [1.29, 1.82) is 0 Å². The van der Waals surface area contributed by atoms with Crippen LogP contribution in [0, 0.1) is 0 Å². The van der Waals surface area contributed by atoms with E-state index in [4.69, 9.17) is 4.84 Å². The van der Waals surface area contributed by atoms with Crippen LogP contribution < -0.4 is 0 Å². The Kier molecular flexibility index (Phi) is 6.40. The molecule has 0 aliphatic rings. The van der Waals surface area contributed by atoms with Gasteiger partial charge in [-0.05, 0) is 41.8 Å². The number of hydrogen-bond donors (Lipinski definition) is 1. The topological polar surface area (TPSA) is 55.7 Å². The van der Waals surface area contributed by atoms with Crippen molar-refractivity contribution in [1.82, 2.24) is 0 Å². The molecule has 0 atom stereocenters. The van der Waals surface area contributed by atoms with Crippen LogP contribution in [0.5, 0.6) is 0 Å². The Labute approximate surface area is 169 Å². The number of benzene rings is 3. The van der Waals surface area contributed by atoms with Gasteiger partial charge in [-0.15, -0.1) is 12.6 Å². The Morgan fingerprint density at radius 3 is 2.14 bits per heavy atom. The van der Waals surface area contributed by atoms with Crippen molar-refractivity contribution in [3.05, 3.63) is 90.0 Å². The van der Waals surface area contributed by atoms with Gasteiger partial charge >= 0.3 is 5.97 Å². The van der Waals surface area contributed by atoms with E-state index in [-0.39, 0.29) is 11.5 Å². The fourth-order valence-corrected chi connectivity index (χ4v) is 2.99. The molecule has 5 heteroatoms. The smallest absolute Gasteiger partial charge is 0.312 e. The lowest BCUT2D eigenvalue weighted by Crippen LogP contribution is -2.16. The van der Waals surface area contributed by atoms with Gasteiger partial charge in [0.15, 0.2) is 0 Å². The van der Waals surface area contributed by atoms with Gasteiger partial charge in [0.05, 0.1) is 5.56 Å². The molecule has 3 aromatic rings. The zero-order valence-electron chi connectivity index (χ0n) is 15.3. The van der Waals surface area contributed by atoms with E-state index in [0.717, 1.165) is 11.1 Å². The van der Waals surface area contributed by atoms with Crippen molar-refractivity contribution >= 4 is 30.1 Å². The summed E-state index contributed by atoms with van der Waals surface area (Å²) in [4.78, 5) is 30.4. The third-order valence-electron chi connectivity index (χ3n) is 4.19. The Balaban J connectivity index is 1.80. The van der Waals surface area contributed by atoms with Crippen LogP contribution in [0.15, 0.2) is 88.9 Å². The van der Waals surface area contributed by atoms with Crippen molar-refractivity contribution in [2.24, 2.45) is 5.16 Å². The van der Waals surface area contributed by atoms with Crippen molar-refractivity contribution in [3.8, 4) is 11.1 Å². The molecule has 0 N–H and O–H groups in total. The van der Waals surface area contributed by atoms with Gasteiger partial charge in [-0.3, -0.25) is 4.79 Å². The van der Waals surface area contributed by atoms with Crippen LogP contribution in [0.25, 0.3) is 11.1 Å². The van der Waals surface area contributed by atoms with Gasteiger partial charge in [0.2, 0.25) is 5.78 Å². The third kappa shape index (κ3) is 4.56. The van der Waals surface area contributed by atoms with Crippen LogP contribution in [-0.2, 0) is 4.84 Å².